The van der Waals surface area contributed by atoms with Crippen molar-refractivity contribution in [2.24, 2.45) is 0 Å². The van der Waals surface area contributed by atoms with Gasteiger partial charge in [0.15, 0.2) is 0 Å². The van der Waals surface area contributed by atoms with Crippen molar-refractivity contribution in [3.05, 3.63) is 273 Å². The van der Waals surface area contributed by atoms with Gasteiger partial charge in [0.05, 0.1) is 11.4 Å². The van der Waals surface area contributed by atoms with Gasteiger partial charge < -0.3 is 4.90 Å². The molecule has 0 radical (unpaired) electrons. The Kier molecular flexibility index (Phi) is 9.91. The van der Waals surface area contributed by atoms with Crippen molar-refractivity contribution in [2.75, 3.05) is 4.90 Å². The highest BCUT2D eigenvalue weighted by molar-refractivity contribution is 6.22. The van der Waals surface area contributed by atoms with Crippen LogP contribution < -0.4 is 4.90 Å². The summed E-state index contributed by atoms with van der Waals surface area (Å²) in [4.78, 5) is 2.48. The van der Waals surface area contributed by atoms with Crippen LogP contribution in [-0.2, 0) is 0 Å². The lowest BCUT2D eigenvalue weighted by molar-refractivity contribution is 1.30. The van der Waals surface area contributed by atoms with E-state index in [0.717, 1.165) is 28.2 Å². The summed E-state index contributed by atoms with van der Waals surface area (Å²) in [7, 11) is 0. The number of hydrogen-bond acceptors (Lipinski definition) is 1. The van der Waals surface area contributed by atoms with E-state index in [4.69, 9.17) is 0 Å². The maximum absolute atomic E-state index is 2.48. The van der Waals surface area contributed by atoms with Crippen molar-refractivity contribution in [3.63, 3.8) is 0 Å². The number of nitrogens with zero attached hydrogens (tertiary/aromatic N) is 1. The molecule has 1 nitrogen and oxygen atoms in total. The molecule has 1 heteroatoms. The molecular weight excluding hydrogens is 831 g/mol. The first-order valence-electron chi connectivity index (χ1n) is 23.8. The Bertz CT molecular complexity index is 4040. The molecule has 0 aliphatic carbocycles. The molecule has 322 valence electrons. The second kappa shape index (κ2) is 17.0. The average Bonchev–Trinajstić information content (AvgIpc) is 3.43. The Morgan fingerprint density at radius 3 is 1.38 bits per heavy atom. The van der Waals surface area contributed by atoms with Gasteiger partial charge in [-0.2, -0.15) is 0 Å². The second-order valence-corrected chi connectivity index (χ2v) is 18.0. The van der Waals surface area contributed by atoms with Gasteiger partial charge in [-0.05, 0) is 129 Å². The van der Waals surface area contributed by atoms with Crippen LogP contribution in [0.15, 0.2) is 273 Å². The normalized spacial score (nSPS) is 11.5. The molecule has 13 aromatic carbocycles. The SMILES string of the molecule is c1ccc(-c2c(-c3ccccc3)c3cc(-c4ccccc4N(c4ccc(-c5ccc(-c6cccc7ccccc67)cc5)cc4)c4cc5ccccc5c5ccccc45)ccc3c3ccccc23)cc1. The summed E-state index contributed by atoms with van der Waals surface area (Å²) in [5.74, 6) is 0. The van der Waals surface area contributed by atoms with Gasteiger partial charge in [0.1, 0.15) is 0 Å². The van der Waals surface area contributed by atoms with Gasteiger partial charge in [-0.3, -0.25) is 0 Å². The van der Waals surface area contributed by atoms with Gasteiger partial charge in [0.25, 0.3) is 0 Å². The molecule has 0 atom stereocenters. The van der Waals surface area contributed by atoms with Gasteiger partial charge in [0, 0.05) is 16.6 Å². The third-order valence-corrected chi connectivity index (χ3v) is 14.0. The molecule has 0 saturated carbocycles. The van der Waals surface area contributed by atoms with Crippen LogP contribution in [0.1, 0.15) is 0 Å². The van der Waals surface area contributed by atoms with E-state index in [-0.39, 0.29) is 0 Å². The van der Waals surface area contributed by atoms with Crippen LogP contribution in [0.25, 0.3) is 109 Å². The molecule has 13 rings (SSSR count). The van der Waals surface area contributed by atoms with E-state index in [1.54, 1.807) is 0 Å². The fraction of sp³-hybridized carbons (Fsp3) is 0. The molecule has 0 amide bonds. The van der Waals surface area contributed by atoms with Crippen LogP contribution >= 0.6 is 0 Å². The zero-order chi connectivity index (χ0) is 45.7. The molecular formula is C68H45N. The molecule has 0 aliphatic rings. The summed E-state index contributed by atoms with van der Waals surface area (Å²) in [5, 5.41) is 12.4. The monoisotopic (exact) mass is 875 g/mol. The van der Waals surface area contributed by atoms with Crippen LogP contribution in [0.5, 0.6) is 0 Å². The summed E-state index contributed by atoms with van der Waals surface area (Å²) in [6.07, 6.45) is 0. The average molecular weight is 876 g/mol. The molecule has 0 aliphatic heterocycles. The van der Waals surface area contributed by atoms with E-state index >= 15 is 0 Å². The number of fused-ring (bicyclic) bond motifs is 7. The number of para-hydroxylation sites is 1. The topological polar surface area (TPSA) is 3.24 Å². The summed E-state index contributed by atoms with van der Waals surface area (Å²) in [5.41, 5.74) is 15.3. The van der Waals surface area contributed by atoms with Gasteiger partial charge >= 0.3 is 0 Å². The predicted molar refractivity (Wildman–Crippen MR) is 296 cm³/mol. The lowest BCUT2D eigenvalue weighted by Crippen LogP contribution is -2.12. The maximum atomic E-state index is 2.48. The highest BCUT2D eigenvalue weighted by Gasteiger charge is 2.23. The Labute approximate surface area is 402 Å². The van der Waals surface area contributed by atoms with E-state index < -0.39 is 0 Å². The van der Waals surface area contributed by atoms with Crippen molar-refractivity contribution in [1.29, 1.82) is 0 Å². The Morgan fingerprint density at radius 1 is 0.203 bits per heavy atom. The van der Waals surface area contributed by atoms with Gasteiger partial charge in [-0.1, -0.05) is 243 Å². The molecule has 69 heavy (non-hydrogen) atoms. The van der Waals surface area contributed by atoms with E-state index in [2.05, 4.69) is 278 Å². The molecule has 0 unspecified atom stereocenters. The van der Waals surface area contributed by atoms with E-state index in [0.29, 0.717) is 0 Å². The van der Waals surface area contributed by atoms with Crippen molar-refractivity contribution >= 4 is 70.9 Å². The van der Waals surface area contributed by atoms with Crippen molar-refractivity contribution in [2.45, 2.75) is 0 Å². The minimum atomic E-state index is 1.09. The third-order valence-electron chi connectivity index (χ3n) is 14.0. The summed E-state index contributed by atoms with van der Waals surface area (Å²) in [6, 6.07) is 100. The zero-order valence-electron chi connectivity index (χ0n) is 37.9. The van der Waals surface area contributed by atoms with E-state index in [9.17, 15) is 0 Å². The first-order chi connectivity index (χ1) is 34.2. The largest absolute Gasteiger partial charge is 0.309 e. The fourth-order valence-corrected chi connectivity index (χ4v) is 10.8. The van der Waals surface area contributed by atoms with Crippen LogP contribution in [0.3, 0.4) is 0 Å². The molecule has 0 aromatic heterocycles. The lowest BCUT2D eigenvalue weighted by atomic mass is 9.84. The lowest BCUT2D eigenvalue weighted by Gasteiger charge is -2.30. The molecule has 0 bridgehead atoms. The van der Waals surface area contributed by atoms with Crippen LogP contribution in [0.4, 0.5) is 17.1 Å². The van der Waals surface area contributed by atoms with Crippen molar-refractivity contribution in [1.82, 2.24) is 0 Å². The number of benzene rings is 13. The summed E-state index contributed by atoms with van der Waals surface area (Å²) < 4.78 is 0. The molecule has 0 N–H and O–H groups in total. The van der Waals surface area contributed by atoms with Gasteiger partial charge in [-0.15, -0.1) is 0 Å². The predicted octanol–water partition coefficient (Wildman–Crippen LogP) is 19.3. The summed E-state index contributed by atoms with van der Waals surface area (Å²) >= 11 is 0. The minimum absolute atomic E-state index is 1.09. The Hall–Kier alpha value is -9.04. The Morgan fingerprint density at radius 2 is 0.667 bits per heavy atom. The second-order valence-electron chi connectivity index (χ2n) is 18.0. The Balaban J connectivity index is 1.00. The first-order valence-corrected chi connectivity index (χ1v) is 23.8. The molecule has 0 saturated heterocycles. The molecule has 0 spiro atoms. The fourth-order valence-electron chi connectivity index (χ4n) is 10.8. The van der Waals surface area contributed by atoms with Crippen molar-refractivity contribution in [3.8, 4) is 55.6 Å². The quantitative estimate of drug-likeness (QED) is 0.138. The van der Waals surface area contributed by atoms with Gasteiger partial charge in [0.2, 0.25) is 0 Å². The minimum Gasteiger partial charge on any atom is -0.309 e. The maximum Gasteiger partial charge on any atom is 0.0546 e. The first kappa shape index (κ1) is 40.3. The number of hydrogen-bond donors (Lipinski definition) is 0. The molecule has 0 fully saturated rings. The zero-order valence-corrected chi connectivity index (χ0v) is 37.9. The smallest absolute Gasteiger partial charge is 0.0546 e. The standard InChI is InChI=1S/C68H45N/c1-3-19-50(20-4-1)67-63-31-14-12-29-60(63)61-43-40-53(44-64(61)68(67)51-21-5-2-6-22-51)58-27-15-16-33-65(58)69(66-45-52-23-8-10-26-57(52)59-28-11-13-30-62(59)66)54-41-38-47(39-42-54)46-34-36-49(37-35-46)56-32-17-24-48-18-7-9-25-55(48)56/h1-45H. The van der Waals surface area contributed by atoms with Crippen molar-refractivity contribution < 1.29 is 0 Å². The number of anilines is 3. The van der Waals surface area contributed by atoms with Gasteiger partial charge in [-0.25, -0.2) is 0 Å². The highest BCUT2D eigenvalue weighted by atomic mass is 15.1. The van der Waals surface area contributed by atoms with Crippen LogP contribution in [0.2, 0.25) is 0 Å². The number of rotatable bonds is 8. The molecule has 13 aromatic rings. The van der Waals surface area contributed by atoms with E-state index in [1.807, 2.05) is 0 Å². The summed E-state index contributed by atoms with van der Waals surface area (Å²) in [6.45, 7) is 0. The van der Waals surface area contributed by atoms with Crippen LogP contribution in [0, 0.1) is 0 Å². The van der Waals surface area contributed by atoms with E-state index in [1.165, 1.54) is 98.4 Å². The molecule has 0 heterocycles. The highest BCUT2D eigenvalue weighted by Crippen LogP contribution is 2.49. The van der Waals surface area contributed by atoms with Crippen LogP contribution in [-0.4, -0.2) is 0 Å². The third kappa shape index (κ3) is 7.03.